The SMILES string of the molecule is CNCC1CCN(Cc2ccc(O)cc2)C1. The average molecular weight is 220 g/mol. The van der Waals surface area contributed by atoms with Gasteiger partial charge in [-0.15, -0.1) is 0 Å². The lowest BCUT2D eigenvalue weighted by Crippen LogP contribution is -2.24. The van der Waals surface area contributed by atoms with Crippen LogP contribution in [0.1, 0.15) is 12.0 Å². The molecule has 1 fully saturated rings. The lowest BCUT2D eigenvalue weighted by Gasteiger charge is -2.16. The van der Waals surface area contributed by atoms with Gasteiger partial charge in [0, 0.05) is 13.1 Å². The third-order valence-corrected chi connectivity index (χ3v) is 3.21. The van der Waals surface area contributed by atoms with E-state index < -0.39 is 0 Å². The Kier molecular flexibility index (Phi) is 3.80. The van der Waals surface area contributed by atoms with Crippen molar-refractivity contribution in [2.24, 2.45) is 5.92 Å². The second kappa shape index (κ2) is 5.32. The van der Waals surface area contributed by atoms with E-state index in [1.54, 1.807) is 12.1 Å². The fourth-order valence-corrected chi connectivity index (χ4v) is 2.37. The molecule has 88 valence electrons. The van der Waals surface area contributed by atoms with Gasteiger partial charge in [-0.3, -0.25) is 4.90 Å². The summed E-state index contributed by atoms with van der Waals surface area (Å²) in [6, 6.07) is 7.52. The van der Waals surface area contributed by atoms with E-state index in [9.17, 15) is 5.11 Å². The molecule has 3 heteroatoms. The minimum absolute atomic E-state index is 0.346. The normalized spacial score (nSPS) is 21.4. The number of phenols is 1. The number of hydrogen-bond acceptors (Lipinski definition) is 3. The maximum absolute atomic E-state index is 9.21. The Morgan fingerprint density at radius 2 is 2.12 bits per heavy atom. The number of hydrogen-bond donors (Lipinski definition) is 2. The van der Waals surface area contributed by atoms with Crippen LogP contribution < -0.4 is 5.32 Å². The zero-order valence-corrected chi connectivity index (χ0v) is 9.82. The molecule has 1 saturated heterocycles. The lowest BCUT2D eigenvalue weighted by molar-refractivity contribution is 0.315. The van der Waals surface area contributed by atoms with Crippen molar-refractivity contribution in [2.75, 3.05) is 26.7 Å². The van der Waals surface area contributed by atoms with Gasteiger partial charge in [-0.1, -0.05) is 12.1 Å². The molecule has 3 nitrogen and oxygen atoms in total. The molecule has 0 saturated carbocycles. The van der Waals surface area contributed by atoms with E-state index >= 15 is 0 Å². The molecule has 2 N–H and O–H groups in total. The summed E-state index contributed by atoms with van der Waals surface area (Å²) in [6.07, 6.45) is 1.29. The first-order valence-electron chi connectivity index (χ1n) is 5.93. The Balaban J connectivity index is 1.84. The van der Waals surface area contributed by atoms with Crippen LogP contribution >= 0.6 is 0 Å². The van der Waals surface area contributed by atoms with Crippen LogP contribution in [0.5, 0.6) is 5.75 Å². The number of likely N-dealkylation sites (tertiary alicyclic amines) is 1. The molecule has 1 aliphatic rings. The highest BCUT2D eigenvalue weighted by molar-refractivity contribution is 5.25. The van der Waals surface area contributed by atoms with Crippen LogP contribution in [0.4, 0.5) is 0 Å². The van der Waals surface area contributed by atoms with E-state index in [0.717, 1.165) is 19.0 Å². The van der Waals surface area contributed by atoms with Crippen molar-refractivity contribution >= 4 is 0 Å². The summed E-state index contributed by atoms with van der Waals surface area (Å²) in [5.74, 6) is 1.14. The summed E-state index contributed by atoms with van der Waals surface area (Å²) in [5.41, 5.74) is 1.28. The minimum atomic E-state index is 0.346. The number of phenolic OH excluding ortho intramolecular Hbond substituents is 1. The first-order valence-corrected chi connectivity index (χ1v) is 5.93. The molecule has 2 rings (SSSR count). The van der Waals surface area contributed by atoms with Crippen LogP contribution in [0.25, 0.3) is 0 Å². The highest BCUT2D eigenvalue weighted by Gasteiger charge is 2.21. The van der Waals surface area contributed by atoms with E-state index in [0.29, 0.717) is 5.75 Å². The standard InChI is InChI=1S/C13H20N2O/c1-14-8-12-6-7-15(10-12)9-11-2-4-13(16)5-3-11/h2-5,12,14,16H,6-10H2,1H3. The quantitative estimate of drug-likeness (QED) is 0.806. The zero-order valence-electron chi connectivity index (χ0n) is 9.82. The van der Waals surface area contributed by atoms with Crippen LogP contribution in [0.2, 0.25) is 0 Å². The summed E-state index contributed by atoms with van der Waals surface area (Å²) in [7, 11) is 2.02. The van der Waals surface area contributed by atoms with Crippen molar-refractivity contribution in [3.8, 4) is 5.75 Å². The van der Waals surface area contributed by atoms with Gasteiger partial charge >= 0.3 is 0 Å². The molecule has 1 heterocycles. The Bertz CT molecular complexity index is 323. The van der Waals surface area contributed by atoms with Gasteiger partial charge < -0.3 is 10.4 Å². The van der Waals surface area contributed by atoms with Gasteiger partial charge in [0.15, 0.2) is 0 Å². The number of nitrogens with zero attached hydrogens (tertiary/aromatic N) is 1. The molecule has 0 aromatic heterocycles. The summed E-state index contributed by atoms with van der Waals surface area (Å²) in [5, 5.41) is 12.4. The van der Waals surface area contributed by atoms with E-state index in [2.05, 4.69) is 10.2 Å². The second-order valence-corrected chi connectivity index (χ2v) is 4.61. The first-order chi connectivity index (χ1) is 7.78. The predicted molar refractivity (Wildman–Crippen MR) is 65.4 cm³/mol. The maximum atomic E-state index is 9.21. The second-order valence-electron chi connectivity index (χ2n) is 4.61. The topological polar surface area (TPSA) is 35.5 Å². The molecular formula is C13H20N2O. The van der Waals surface area contributed by atoms with Gasteiger partial charge in [-0.2, -0.15) is 0 Å². The highest BCUT2D eigenvalue weighted by Crippen LogP contribution is 2.19. The van der Waals surface area contributed by atoms with Gasteiger partial charge in [0.1, 0.15) is 5.75 Å². The van der Waals surface area contributed by atoms with Crippen LogP contribution in [0.15, 0.2) is 24.3 Å². The van der Waals surface area contributed by atoms with Gasteiger partial charge in [-0.25, -0.2) is 0 Å². The molecule has 0 spiro atoms. The maximum Gasteiger partial charge on any atom is 0.115 e. The molecule has 1 unspecified atom stereocenters. The van der Waals surface area contributed by atoms with Gasteiger partial charge in [0.2, 0.25) is 0 Å². The minimum Gasteiger partial charge on any atom is -0.508 e. The molecule has 1 aromatic carbocycles. The largest absolute Gasteiger partial charge is 0.508 e. The summed E-state index contributed by atoms with van der Waals surface area (Å²) >= 11 is 0. The van der Waals surface area contributed by atoms with Crippen molar-refractivity contribution in [1.82, 2.24) is 10.2 Å². The molecule has 16 heavy (non-hydrogen) atoms. The third kappa shape index (κ3) is 2.97. The van der Waals surface area contributed by atoms with Crippen LogP contribution in [0.3, 0.4) is 0 Å². The molecule has 1 aliphatic heterocycles. The van der Waals surface area contributed by atoms with E-state index in [4.69, 9.17) is 0 Å². The molecule has 0 radical (unpaired) electrons. The number of benzene rings is 1. The summed E-state index contributed by atoms with van der Waals surface area (Å²) < 4.78 is 0. The monoisotopic (exact) mass is 220 g/mol. The van der Waals surface area contributed by atoms with Crippen LogP contribution in [-0.4, -0.2) is 36.7 Å². The molecule has 0 amide bonds. The Morgan fingerprint density at radius 1 is 1.38 bits per heavy atom. The van der Waals surface area contributed by atoms with E-state index in [1.165, 1.54) is 25.1 Å². The number of nitrogens with one attached hydrogen (secondary N) is 1. The first kappa shape index (κ1) is 11.4. The summed E-state index contributed by atoms with van der Waals surface area (Å²) in [6.45, 7) is 4.49. The zero-order chi connectivity index (χ0) is 11.4. The van der Waals surface area contributed by atoms with Gasteiger partial charge in [0.25, 0.3) is 0 Å². The van der Waals surface area contributed by atoms with Crippen molar-refractivity contribution in [3.63, 3.8) is 0 Å². The van der Waals surface area contributed by atoms with E-state index in [-0.39, 0.29) is 0 Å². The molecule has 0 bridgehead atoms. The molecule has 1 aromatic rings. The fraction of sp³-hybridized carbons (Fsp3) is 0.538. The van der Waals surface area contributed by atoms with Crippen LogP contribution in [0, 0.1) is 5.92 Å². The Morgan fingerprint density at radius 3 is 2.81 bits per heavy atom. The molecular weight excluding hydrogens is 200 g/mol. The lowest BCUT2D eigenvalue weighted by atomic mass is 10.1. The van der Waals surface area contributed by atoms with Crippen LogP contribution in [-0.2, 0) is 6.54 Å². The van der Waals surface area contributed by atoms with Crippen molar-refractivity contribution < 1.29 is 5.11 Å². The third-order valence-electron chi connectivity index (χ3n) is 3.21. The predicted octanol–water partition coefficient (Wildman–Crippen LogP) is 1.43. The number of rotatable bonds is 4. The summed E-state index contributed by atoms with van der Waals surface area (Å²) in [4.78, 5) is 2.48. The average Bonchev–Trinajstić information content (AvgIpc) is 2.70. The Labute approximate surface area is 97.1 Å². The molecule has 1 atom stereocenters. The van der Waals surface area contributed by atoms with Gasteiger partial charge in [0.05, 0.1) is 0 Å². The van der Waals surface area contributed by atoms with Crippen molar-refractivity contribution in [1.29, 1.82) is 0 Å². The smallest absolute Gasteiger partial charge is 0.115 e. The highest BCUT2D eigenvalue weighted by atomic mass is 16.3. The molecule has 0 aliphatic carbocycles. The van der Waals surface area contributed by atoms with Crippen molar-refractivity contribution in [2.45, 2.75) is 13.0 Å². The van der Waals surface area contributed by atoms with Crippen molar-refractivity contribution in [3.05, 3.63) is 29.8 Å². The van der Waals surface area contributed by atoms with Gasteiger partial charge in [-0.05, 0) is 50.2 Å². The Hall–Kier alpha value is -1.06. The number of aromatic hydroxyl groups is 1. The van der Waals surface area contributed by atoms with E-state index in [1.807, 2.05) is 19.2 Å². The fourth-order valence-electron chi connectivity index (χ4n) is 2.37.